The zero-order valence-electron chi connectivity index (χ0n) is 11.8. The SMILES string of the molecule is CC[NH+](CC)CCCNC(=O)c1ccc(Cl)c(Cl)c1.[Cl-]. The van der Waals surface area contributed by atoms with E-state index in [1.807, 2.05) is 0 Å². The van der Waals surface area contributed by atoms with Crippen LogP contribution in [0.4, 0.5) is 0 Å². The number of hydrogen-bond acceptors (Lipinski definition) is 1. The Morgan fingerprint density at radius 1 is 1.20 bits per heavy atom. The van der Waals surface area contributed by atoms with Gasteiger partial charge in [-0.1, -0.05) is 23.2 Å². The van der Waals surface area contributed by atoms with Gasteiger partial charge >= 0.3 is 0 Å². The lowest BCUT2D eigenvalue weighted by Gasteiger charge is -2.15. The van der Waals surface area contributed by atoms with Crippen LogP contribution < -0.4 is 22.6 Å². The molecule has 0 aromatic heterocycles. The number of nitrogens with one attached hydrogen (secondary N) is 2. The average Bonchev–Trinajstić information content (AvgIpc) is 2.42. The van der Waals surface area contributed by atoms with Crippen LogP contribution in [0.5, 0.6) is 0 Å². The highest BCUT2D eigenvalue weighted by Crippen LogP contribution is 2.22. The van der Waals surface area contributed by atoms with Crippen LogP contribution in [0.25, 0.3) is 0 Å². The molecule has 0 spiro atoms. The Labute approximate surface area is 137 Å². The van der Waals surface area contributed by atoms with Gasteiger partial charge in [-0.25, -0.2) is 0 Å². The van der Waals surface area contributed by atoms with Crippen molar-refractivity contribution in [1.29, 1.82) is 0 Å². The molecule has 0 saturated heterocycles. The van der Waals surface area contributed by atoms with Gasteiger partial charge in [-0.05, 0) is 32.0 Å². The van der Waals surface area contributed by atoms with Crippen LogP contribution in [0.15, 0.2) is 18.2 Å². The molecule has 1 aromatic carbocycles. The van der Waals surface area contributed by atoms with Crippen molar-refractivity contribution < 1.29 is 22.1 Å². The summed E-state index contributed by atoms with van der Waals surface area (Å²) in [7, 11) is 0. The maximum Gasteiger partial charge on any atom is 0.251 e. The third-order valence-electron chi connectivity index (χ3n) is 3.17. The number of amides is 1. The van der Waals surface area contributed by atoms with Gasteiger partial charge in [-0.15, -0.1) is 0 Å². The number of carbonyl (C=O) groups excluding carboxylic acids is 1. The monoisotopic (exact) mass is 338 g/mol. The molecule has 2 N–H and O–H groups in total. The van der Waals surface area contributed by atoms with Crippen LogP contribution >= 0.6 is 23.2 Å². The zero-order chi connectivity index (χ0) is 14.3. The van der Waals surface area contributed by atoms with Crippen molar-refractivity contribution in [2.24, 2.45) is 0 Å². The van der Waals surface area contributed by atoms with Crippen molar-refractivity contribution >= 4 is 29.1 Å². The molecule has 0 aliphatic heterocycles. The van der Waals surface area contributed by atoms with Gasteiger partial charge in [0.2, 0.25) is 0 Å². The first kappa shape index (κ1) is 19.5. The third kappa shape index (κ3) is 6.31. The van der Waals surface area contributed by atoms with Gasteiger partial charge in [0.1, 0.15) is 0 Å². The Balaban J connectivity index is 0.00000361. The van der Waals surface area contributed by atoms with Crippen LogP contribution in [0.3, 0.4) is 0 Å². The molecule has 0 heterocycles. The molecule has 0 radical (unpaired) electrons. The van der Waals surface area contributed by atoms with Gasteiger partial charge in [0.25, 0.3) is 5.91 Å². The van der Waals surface area contributed by atoms with Crippen molar-refractivity contribution in [2.45, 2.75) is 20.3 Å². The molecule has 20 heavy (non-hydrogen) atoms. The fraction of sp³-hybridized carbons (Fsp3) is 0.500. The number of quaternary nitrogens is 1. The Kier molecular flexibility index (Phi) is 10.0. The smallest absolute Gasteiger partial charge is 0.251 e. The molecule has 6 heteroatoms. The summed E-state index contributed by atoms with van der Waals surface area (Å²) in [5.74, 6) is -0.104. The van der Waals surface area contributed by atoms with E-state index in [4.69, 9.17) is 23.2 Å². The Morgan fingerprint density at radius 3 is 2.40 bits per heavy atom. The molecule has 114 valence electrons. The van der Waals surface area contributed by atoms with Gasteiger partial charge in [0.15, 0.2) is 0 Å². The Hall–Kier alpha value is -0.480. The summed E-state index contributed by atoms with van der Waals surface area (Å²) >= 11 is 11.7. The molecule has 3 nitrogen and oxygen atoms in total. The molecular formula is C14H21Cl3N2O. The molecule has 1 rings (SSSR count). The minimum atomic E-state index is -0.104. The number of rotatable bonds is 7. The normalized spacial score (nSPS) is 10.2. The lowest BCUT2D eigenvalue weighted by Crippen LogP contribution is -3.11. The van der Waals surface area contributed by atoms with Gasteiger partial charge in [-0.2, -0.15) is 0 Å². The number of carbonyl (C=O) groups is 1. The lowest BCUT2D eigenvalue weighted by atomic mass is 10.2. The largest absolute Gasteiger partial charge is 1.00 e. The summed E-state index contributed by atoms with van der Waals surface area (Å²) in [6, 6.07) is 4.91. The summed E-state index contributed by atoms with van der Waals surface area (Å²) in [5, 5.41) is 3.76. The molecule has 0 unspecified atom stereocenters. The minimum absolute atomic E-state index is 0. The van der Waals surface area contributed by atoms with E-state index in [-0.39, 0.29) is 18.3 Å². The predicted octanol–water partition coefficient (Wildman–Crippen LogP) is -0.958. The Morgan fingerprint density at radius 2 is 1.85 bits per heavy atom. The summed E-state index contributed by atoms with van der Waals surface area (Å²) in [5.41, 5.74) is 0.546. The third-order valence-corrected chi connectivity index (χ3v) is 3.91. The number of halogens is 3. The number of benzene rings is 1. The van der Waals surface area contributed by atoms with Crippen LogP contribution in [0.1, 0.15) is 30.6 Å². The zero-order valence-corrected chi connectivity index (χ0v) is 14.1. The van der Waals surface area contributed by atoms with Crippen LogP contribution in [0, 0.1) is 0 Å². The van der Waals surface area contributed by atoms with E-state index in [1.54, 1.807) is 23.1 Å². The first-order valence-electron chi connectivity index (χ1n) is 6.65. The highest BCUT2D eigenvalue weighted by atomic mass is 35.5. The summed E-state index contributed by atoms with van der Waals surface area (Å²) in [6.45, 7) is 8.35. The summed E-state index contributed by atoms with van der Waals surface area (Å²) in [6.07, 6.45) is 0.976. The molecule has 0 aliphatic rings. The van der Waals surface area contributed by atoms with Gasteiger partial charge < -0.3 is 22.6 Å². The molecule has 1 amide bonds. The van der Waals surface area contributed by atoms with Gasteiger partial charge in [-0.3, -0.25) is 4.79 Å². The van der Waals surface area contributed by atoms with E-state index in [2.05, 4.69) is 19.2 Å². The standard InChI is InChI=1S/C14H20Cl2N2O.ClH/c1-3-18(4-2)9-5-8-17-14(19)11-6-7-12(15)13(16)10-11;/h6-7,10H,3-5,8-9H2,1-2H3,(H,17,19);1H. The van der Waals surface area contributed by atoms with Crippen molar-refractivity contribution in [1.82, 2.24) is 5.32 Å². The van der Waals surface area contributed by atoms with E-state index < -0.39 is 0 Å². The quantitative estimate of drug-likeness (QED) is 0.617. The molecule has 0 atom stereocenters. The van der Waals surface area contributed by atoms with Crippen LogP contribution in [0.2, 0.25) is 10.0 Å². The molecule has 0 bridgehead atoms. The summed E-state index contributed by atoms with van der Waals surface area (Å²) < 4.78 is 0. The van der Waals surface area contributed by atoms with Crippen LogP contribution in [-0.4, -0.2) is 32.1 Å². The second-order valence-electron chi connectivity index (χ2n) is 4.45. The second kappa shape index (κ2) is 10.3. The maximum atomic E-state index is 11.9. The first-order chi connectivity index (χ1) is 9.08. The first-order valence-corrected chi connectivity index (χ1v) is 7.40. The van der Waals surface area contributed by atoms with E-state index in [0.717, 1.165) is 26.1 Å². The van der Waals surface area contributed by atoms with Gasteiger partial charge in [0, 0.05) is 18.5 Å². The minimum Gasteiger partial charge on any atom is -1.00 e. The fourth-order valence-electron chi connectivity index (χ4n) is 1.88. The van der Waals surface area contributed by atoms with E-state index >= 15 is 0 Å². The summed E-state index contributed by atoms with van der Waals surface area (Å²) in [4.78, 5) is 13.4. The molecular weight excluding hydrogens is 319 g/mol. The van der Waals surface area contributed by atoms with Crippen molar-refractivity contribution in [3.63, 3.8) is 0 Å². The topological polar surface area (TPSA) is 33.5 Å². The Bertz CT molecular complexity index is 423. The number of hydrogen-bond donors (Lipinski definition) is 2. The van der Waals surface area contributed by atoms with E-state index in [9.17, 15) is 4.79 Å². The molecule has 0 saturated carbocycles. The van der Waals surface area contributed by atoms with Gasteiger partial charge in [0.05, 0.1) is 29.7 Å². The van der Waals surface area contributed by atoms with Crippen molar-refractivity contribution in [2.75, 3.05) is 26.2 Å². The maximum absolute atomic E-state index is 11.9. The molecule has 1 aromatic rings. The van der Waals surface area contributed by atoms with E-state index in [1.165, 1.54) is 0 Å². The second-order valence-corrected chi connectivity index (χ2v) is 5.26. The molecule has 0 aliphatic carbocycles. The van der Waals surface area contributed by atoms with Crippen LogP contribution in [-0.2, 0) is 0 Å². The average molecular weight is 340 g/mol. The van der Waals surface area contributed by atoms with Crippen molar-refractivity contribution in [3.05, 3.63) is 33.8 Å². The predicted molar refractivity (Wildman–Crippen MR) is 80.3 cm³/mol. The lowest BCUT2D eigenvalue weighted by molar-refractivity contribution is -0.896. The molecule has 0 fully saturated rings. The van der Waals surface area contributed by atoms with Crippen molar-refractivity contribution in [3.8, 4) is 0 Å². The fourth-order valence-corrected chi connectivity index (χ4v) is 2.18. The van der Waals surface area contributed by atoms with E-state index in [0.29, 0.717) is 22.2 Å². The highest BCUT2D eigenvalue weighted by Gasteiger charge is 2.08. The highest BCUT2D eigenvalue weighted by molar-refractivity contribution is 6.42.